The minimum Gasteiger partial charge on any atom is -0.141 e. The summed E-state index contributed by atoms with van der Waals surface area (Å²) in [6.07, 6.45) is 0. The number of hydrogen-bond donors (Lipinski definition) is 0. The maximum absolute atomic E-state index is 6.24. The smallest absolute Gasteiger partial charge is 0.0543 e. The van der Waals surface area contributed by atoms with Gasteiger partial charge in [0.1, 0.15) is 0 Å². The summed E-state index contributed by atoms with van der Waals surface area (Å²) in [5, 5.41) is 0. The first-order valence-corrected chi connectivity index (χ1v) is 9.00. The normalized spacial score (nSPS) is 5.46. The summed E-state index contributed by atoms with van der Waals surface area (Å²) >= 11 is 0. The third-order valence-electron chi connectivity index (χ3n) is 0. The molecular formula is C18H70P4W4. The van der Waals surface area contributed by atoms with Crippen molar-refractivity contribution >= 4 is 36.7 Å². The van der Waals surface area contributed by atoms with Crippen LogP contribution in [0.2, 0.25) is 0 Å². The number of hydrogen-bond acceptors (Lipinski definition) is 0. The van der Waals surface area contributed by atoms with E-state index >= 15 is 0 Å². The Hall–Kier alpha value is 4.47. The van der Waals surface area contributed by atoms with E-state index in [1.165, 1.54) is 0 Å². The third-order valence-corrected chi connectivity index (χ3v) is 0. The van der Waals surface area contributed by atoms with Gasteiger partial charge in [-0.05, 0) is 0 Å². The van der Waals surface area contributed by atoms with E-state index < -0.39 is 0 Å². The van der Waals surface area contributed by atoms with Gasteiger partial charge in [0.05, 0.1) is 5.11 Å². The fraction of sp³-hybridized carbons (Fsp3) is 1.00. The maximum Gasteiger partial charge on any atom is 0.0543 e. The first-order valence-electron chi connectivity index (χ1n) is 7.00. The molecule has 0 nitrogen and oxygen atoms in total. The fourth-order valence-corrected chi connectivity index (χ4v) is 0. The quantitative estimate of drug-likeness (QED) is 0.212. The monoisotopic (exact) mass is 1150 g/mol. The van der Waals surface area contributed by atoms with Gasteiger partial charge in [0.15, 0.2) is 0 Å². The second kappa shape index (κ2) is 1190. The molecule has 4 unspecified atom stereocenters. The van der Waals surface area contributed by atoms with E-state index in [2.05, 4.69) is 0 Å². The molecule has 0 aromatic rings. The maximum atomic E-state index is 6.24. The van der Waals surface area contributed by atoms with Gasteiger partial charge >= 0.3 is 0 Å². The molecule has 0 spiro atoms. The summed E-state index contributed by atoms with van der Waals surface area (Å²) in [5.74, 6) is 0. The van der Waals surface area contributed by atoms with Crippen LogP contribution < -0.4 is 0 Å². The van der Waals surface area contributed by atoms with Gasteiger partial charge in [0.2, 0.25) is 0 Å². The number of rotatable bonds is 0. The van der Waals surface area contributed by atoms with E-state index in [0.717, 1.165) is 0 Å². The summed E-state index contributed by atoms with van der Waals surface area (Å²) in [7, 11) is 1.33. The van der Waals surface area contributed by atoms with Gasteiger partial charge in [-0.1, -0.05) is 128 Å². The predicted octanol–water partition coefficient (Wildman–Crippen LogP) is 10.1. The summed E-state index contributed by atoms with van der Waals surface area (Å²) in [6.45, 7) is 19.3. The topological polar surface area (TPSA) is 0 Å². The molecule has 0 aliphatic carbocycles. The molecule has 0 aromatic heterocycles. The first kappa shape index (κ1) is 111. The van der Waals surface area contributed by atoms with Crippen LogP contribution >= 0.6 is 36.7 Å². The summed E-state index contributed by atoms with van der Waals surface area (Å²) in [5.41, 5.74) is 0. The molecule has 26 heavy (non-hydrogen) atoms. The van der Waals surface area contributed by atoms with Crippen molar-refractivity contribution in [3.05, 3.63) is 0 Å². The Bertz CT molecular complexity index is 56.1. The van der Waals surface area contributed by atoms with Gasteiger partial charge in [-0.15, -0.1) is 36.7 Å². The zero-order chi connectivity index (χ0) is 16.8. The molecule has 0 heterocycles. The van der Waals surface area contributed by atoms with Crippen molar-refractivity contribution in [2.45, 2.75) is 101 Å². The molecule has 0 saturated heterocycles. The predicted molar refractivity (Wildman–Crippen MR) is 150 cm³/mol. The van der Waals surface area contributed by atoms with Crippen molar-refractivity contribution in [2.75, 3.05) is 26.7 Å². The Balaban J connectivity index is -0.00000000261. The van der Waals surface area contributed by atoms with Crippen LogP contribution in [-0.2, 0) is 84.3 Å². The minimum atomic E-state index is 0. The molecule has 0 radical (unpaired) electrons. The van der Waals surface area contributed by atoms with Crippen LogP contribution in [-0.4, -0.2) is 31.8 Å². The second-order valence-electron chi connectivity index (χ2n) is 0. The molecule has 186 valence electrons. The van der Waals surface area contributed by atoms with Gasteiger partial charge in [-0.25, -0.2) is 0 Å². The SMILES string of the molecule is C.C.C.C.C.C.C.C.CC.CC.CC.[3H]PC.[3H]PC.[3H]PC.[3H]PC.[W].[W].[W].[W]. The van der Waals surface area contributed by atoms with E-state index in [9.17, 15) is 0 Å². The Morgan fingerprint density at radius 3 is 0.346 bits per heavy atom. The Morgan fingerprint density at radius 1 is 0.346 bits per heavy atom. The molecule has 0 amide bonds. The summed E-state index contributed by atoms with van der Waals surface area (Å²) < 4.78 is 24.9. The molecule has 0 aliphatic heterocycles. The second-order valence-corrected chi connectivity index (χ2v) is 0. The zero-order valence-corrected chi connectivity index (χ0v) is 29.4. The molecule has 0 rings (SSSR count). The Kier molecular flexibility index (Phi) is 5080. The molecule has 4 atom stereocenters. The van der Waals surface area contributed by atoms with E-state index in [1.807, 2.05) is 68.2 Å². The molecule has 0 N–H and O–H groups in total. The average molecular weight is 1150 g/mol. The van der Waals surface area contributed by atoms with Crippen molar-refractivity contribution in [1.82, 2.24) is 0 Å². The average Bonchev–Trinajstić information content (AvgIpc) is 2.40. The van der Waals surface area contributed by atoms with E-state index in [0.29, 0.717) is 36.7 Å². The zero-order valence-electron chi connectivity index (χ0n) is 17.6. The summed E-state index contributed by atoms with van der Waals surface area (Å²) in [4.78, 5) is 0. The van der Waals surface area contributed by atoms with Gasteiger partial charge in [-0.3, -0.25) is 0 Å². The molecule has 0 bridgehead atoms. The third kappa shape index (κ3) is 1070. The van der Waals surface area contributed by atoms with Crippen molar-refractivity contribution in [3.63, 3.8) is 0 Å². The largest absolute Gasteiger partial charge is 0.141 e. The van der Waals surface area contributed by atoms with Crippen molar-refractivity contribution in [2.24, 2.45) is 0 Å². The molecule has 0 aliphatic rings. The van der Waals surface area contributed by atoms with E-state index in [4.69, 9.17) is 5.11 Å². The van der Waals surface area contributed by atoms with Crippen LogP contribution in [0.1, 0.15) is 101 Å². The van der Waals surface area contributed by atoms with Crippen LogP contribution in [0.15, 0.2) is 0 Å². The minimum absolute atomic E-state index is 0. The molecule has 0 saturated carbocycles. The van der Waals surface area contributed by atoms with Crippen LogP contribution in [0.3, 0.4) is 0 Å². The van der Waals surface area contributed by atoms with Crippen molar-refractivity contribution in [3.8, 4) is 0 Å². The van der Waals surface area contributed by atoms with Crippen molar-refractivity contribution in [1.29, 1.82) is 5.11 Å². The Labute approximate surface area is 251 Å². The van der Waals surface area contributed by atoms with Crippen LogP contribution in [0, 0.1) is 0 Å². The van der Waals surface area contributed by atoms with Gasteiger partial charge in [0, 0.05) is 84.3 Å². The molecule has 0 aromatic carbocycles. The van der Waals surface area contributed by atoms with E-state index in [1.54, 1.807) is 0 Å². The summed E-state index contributed by atoms with van der Waals surface area (Å²) in [6, 6.07) is 0. The van der Waals surface area contributed by atoms with Crippen LogP contribution in [0.5, 0.6) is 0 Å². The van der Waals surface area contributed by atoms with Gasteiger partial charge in [0.25, 0.3) is 0 Å². The van der Waals surface area contributed by atoms with E-state index in [-0.39, 0.29) is 144 Å². The van der Waals surface area contributed by atoms with Crippen LogP contribution in [0.25, 0.3) is 0 Å². The fourth-order valence-electron chi connectivity index (χ4n) is 0. The molecule has 8 heteroatoms. The molecule has 0 fully saturated rings. The molecular weight excluding hydrogens is 1080 g/mol. The van der Waals surface area contributed by atoms with Gasteiger partial charge in [-0.2, -0.15) is 0 Å². The Morgan fingerprint density at radius 2 is 0.346 bits per heavy atom. The standard InChI is InChI=1S/3C2H6.4CH5P.8CH4.4W/c7*1-2;;;;;;;;;;;;/h3*1-2H3;4*2H2,1H3;8*1H4;;;;/i;;;4*2T;;;;;;;;;;;;. The van der Waals surface area contributed by atoms with Crippen molar-refractivity contribution < 1.29 is 84.3 Å². The first-order chi connectivity index (χ1) is 8.66. The van der Waals surface area contributed by atoms with Gasteiger partial charge < -0.3 is 0 Å². The van der Waals surface area contributed by atoms with Crippen LogP contribution in [0.4, 0.5) is 0 Å².